The van der Waals surface area contributed by atoms with Crippen molar-refractivity contribution in [2.75, 3.05) is 10.6 Å². The molecule has 1 aliphatic heterocycles. The lowest BCUT2D eigenvalue weighted by Crippen LogP contribution is -2.13. The molecule has 1 aliphatic rings. The second-order valence-corrected chi connectivity index (χ2v) is 4.26. The third kappa shape index (κ3) is 1.43. The number of rotatable bonds is 1. The largest absolute Gasteiger partial charge is 0.399 e. The lowest BCUT2D eigenvalue weighted by Gasteiger charge is -2.14. The summed E-state index contributed by atoms with van der Waals surface area (Å²) in [5.41, 5.74) is 10.5. The number of nitrogens with two attached hydrogens (primary N) is 1. The number of anilines is 2. The molecule has 0 bridgehead atoms. The molecule has 4 heteroatoms. The van der Waals surface area contributed by atoms with E-state index < -0.39 is 0 Å². The summed E-state index contributed by atoms with van der Waals surface area (Å²) in [5.74, 6) is 0. The van der Waals surface area contributed by atoms with Gasteiger partial charge in [-0.1, -0.05) is 6.07 Å². The zero-order valence-electron chi connectivity index (χ0n) is 9.22. The molecule has 82 valence electrons. The minimum Gasteiger partial charge on any atom is -0.399 e. The van der Waals surface area contributed by atoms with Gasteiger partial charge >= 0.3 is 0 Å². The Balaban J connectivity index is 1.90. The average molecular weight is 214 g/mol. The molecule has 2 N–H and O–H groups in total. The Morgan fingerprint density at radius 1 is 1.25 bits per heavy atom. The van der Waals surface area contributed by atoms with E-state index in [-0.39, 0.29) is 0 Å². The van der Waals surface area contributed by atoms with Gasteiger partial charge in [-0.05, 0) is 23.3 Å². The van der Waals surface area contributed by atoms with Crippen molar-refractivity contribution in [2.45, 2.75) is 13.1 Å². The van der Waals surface area contributed by atoms with Crippen LogP contribution in [0.1, 0.15) is 11.1 Å². The lowest BCUT2D eigenvalue weighted by molar-refractivity contribution is 0.766. The van der Waals surface area contributed by atoms with Crippen LogP contribution >= 0.6 is 0 Å². The molecular formula is C12H14N4. The fourth-order valence-corrected chi connectivity index (χ4v) is 2.17. The Morgan fingerprint density at radius 3 is 2.81 bits per heavy atom. The van der Waals surface area contributed by atoms with E-state index in [1.807, 2.05) is 30.2 Å². The van der Waals surface area contributed by atoms with E-state index in [1.54, 1.807) is 0 Å². The van der Waals surface area contributed by atoms with E-state index in [1.165, 1.54) is 11.1 Å². The predicted molar refractivity (Wildman–Crippen MR) is 63.9 cm³/mol. The highest BCUT2D eigenvalue weighted by Crippen LogP contribution is 2.28. The van der Waals surface area contributed by atoms with Gasteiger partial charge in [-0.2, -0.15) is 5.10 Å². The predicted octanol–water partition coefficient (Wildman–Crippen LogP) is 1.52. The Kier molecular flexibility index (Phi) is 1.89. The molecule has 1 aromatic carbocycles. The van der Waals surface area contributed by atoms with Gasteiger partial charge in [0.2, 0.25) is 0 Å². The summed E-state index contributed by atoms with van der Waals surface area (Å²) in [5, 5.41) is 4.19. The zero-order valence-corrected chi connectivity index (χ0v) is 9.22. The standard InChI is InChI=1S/C12H14N4/c1-15-8-12(5-14-15)16-6-9-2-3-11(13)4-10(9)7-16/h2-5,8H,6-7,13H2,1H3. The van der Waals surface area contributed by atoms with Crippen molar-refractivity contribution in [3.63, 3.8) is 0 Å². The second kappa shape index (κ2) is 3.27. The highest BCUT2D eigenvalue weighted by molar-refractivity contribution is 5.53. The molecular weight excluding hydrogens is 200 g/mol. The zero-order chi connectivity index (χ0) is 11.1. The van der Waals surface area contributed by atoms with E-state index in [0.29, 0.717) is 0 Å². The number of hydrogen-bond acceptors (Lipinski definition) is 3. The van der Waals surface area contributed by atoms with E-state index in [4.69, 9.17) is 5.73 Å². The normalized spacial score (nSPS) is 14.2. The molecule has 16 heavy (non-hydrogen) atoms. The number of benzene rings is 1. The maximum Gasteiger partial charge on any atom is 0.0758 e. The summed E-state index contributed by atoms with van der Waals surface area (Å²) < 4.78 is 1.83. The van der Waals surface area contributed by atoms with Crippen LogP contribution in [0.5, 0.6) is 0 Å². The summed E-state index contributed by atoms with van der Waals surface area (Å²) >= 11 is 0. The van der Waals surface area contributed by atoms with Crippen molar-refractivity contribution in [1.82, 2.24) is 9.78 Å². The van der Waals surface area contributed by atoms with Gasteiger partial charge < -0.3 is 10.6 Å². The summed E-state index contributed by atoms with van der Waals surface area (Å²) in [6.07, 6.45) is 3.93. The molecule has 0 unspecified atom stereocenters. The van der Waals surface area contributed by atoms with Gasteiger partial charge in [0.15, 0.2) is 0 Å². The van der Waals surface area contributed by atoms with Gasteiger partial charge in [0.25, 0.3) is 0 Å². The Bertz CT molecular complexity index is 530. The molecule has 2 aromatic rings. The number of nitrogens with zero attached hydrogens (tertiary/aromatic N) is 3. The first-order chi connectivity index (χ1) is 7.72. The molecule has 0 radical (unpaired) electrons. The molecule has 2 heterocycles. The van der Waals surface area contributed by atoms with Crippen molar-refractivity contribution in [3.8, 4) is 0 Å². The first kappa shape index (κ1) is 9.27. The molecule has 3 rings (SSSR count). The molecule has 1 aromatic heterocycles. The number of fused-ring (bicyclic) bond motifs is 1. The van der Waals surface area contributed by atoms with Crippen LogP contribution in [0.15, 0.2) is 30.6 Å². The fraction of sp³-hybridized carbons (Fsp3) is 0.250. The summed E-state index contributed by atoms with van der Waals surface area (Å²) in [6, 6.07) is 6.14. The average Bonchev–Trinajstić information content (AvgIpc) is 2.83. The third-order valence-corrected chi connectivity index (χ3v) is 3.01. The molecule has 0 amide bonds. The number of nitrogen functional groups attached to an aromatic ring is 1. The molecule has 0 aliphatic carbocycles. The molecule has 4 nitrogen and oxygen atoms in total. The van der Waals surface area contributed by atoms with Crippen LogP contribution in [0.2, 0.25) is 0 Å². The maximum absolute atomic E-state index is 5.78. The van der Waals surface area contributed by atoms with E-state index >= 15 is 0 Å². The monoisotopic (exact) mass is 214 g/mol. The van der Waals surface area contributed by atoms with Crippen LogP contribution in [0.4, 0.5) is 11.4 Å². The highest BCUT2D eigenvalue weighted by Gasteiger charge is 2.19. The van der Waals surface area contributed by atoms with Gasteiger partial charge in [0.05, 0.1) is 11.9 Å². The first-order valence-electron chi connectivity index (χ1n) is 5.33. The molecule has 0 saturated heterocycles. The van der Waals surface area contributed by atoms with E-state index in [0.717, 1.165) is 24.5 Å². The van der Waals surface area contributed by atoms with Crippen LogP contribution in [0.3, 0.4) is 0 Å². The molecule has 0 spiro atoms. The van der Waals surface area contributed by atoms with Crippen LogP contribution in [-0.2, 0) is 20.1 Å². The smallest absolute Gasteiger partial charge is 0.0758 e. The molecule has 0 fully saturated rings. The van der Waals surface area contributed by atoms with Crippen molar-refractivity contribution < 1.29 is 0 Å². The van der Waals surface area contributed by atoms with E-state index in [9.17, 15) is 0 Å². The minimum absolute atomic E-state index is 0.840. The number of hydrogen-bond donors (Lipinski definition) is 1. The van der Waals surface area contributed by atoms with Crippen LogP contribution in [0.25, 0.3) is 0 Å². The minimum atomic E-state index is 0.840. The Hall–Kier alpha value is -1.97. The summed E-state index contributed by atoms with van der Waals surface area (Å²) in [6.45, 7) is 1.87. The summed E-state index contributed by atoms with van der Waals surface area (Å²) in [7, 11) is 1.94. The van der Waals surface area contributed by atoms with Gasteiger partial charge in [0, 0.05) is 32.0 Å². The van der Waals surface area contributed by atoms with Crippen molar-refractivity contribution in [3.05, 3.63) is 41.7 Å². The van der Waals surface area contributed by atoms with Gasteiger partial charge in [-0.3, -0.25) is 4.68 Å². The molecule has 0 saturated carbocycles. The van der Waals surface area contributed by atoms with Crippen LogP contribution < -0.4 is 10.6 Å². The topological polar surface area (TPSA) is 47.1 Å². The SMILES string of the molecule is Cn1cc(N2Cc3ccc(N)cc3C2)cn1. The maximum atomic E-state index is 5.78. The lowest BCUT2D eigenvalue weighted by atomic mass is 10.1. The van der Waals surface area contributed by atoms with Gasteiger partial charge in [-0.25, -0.2) is 0 Å². The Morgan fingerprint density at radius 2 is 2.06 bits per heavy atom. The fourth-order valence-electron chi connectivity index (χ4n) is 2.17. The van der Waals surface area contributed by atoms with Crippen LogP contribution in [0, 0.1) is 0 Å². The highest BCUT2D eigenvalue weighted by atomic mass is 15.3. The van der Waals surface area contributed by atoms with Crippen molar-refractivity contribution >= 4 is 11.4 Å². The van der Waals surface area contributed by atoms with E-state index in [2.05, 4.69) is 22.1 Å². The van der Waals surface area contributed by atoms with Crippen molar-refractivity contribution in [1.29, 1.82) is 0 Å². The summed E-state index contributed by atoms with van der Waals surface area (Å²) in [4.78, 5) is 2.30. The first-order valence-corrected chi connectivity index (χ1v) is 5.33. The Labute approximate surface area is 94.3 Å². The van der Waals surface area contributed by atoms with Crippen molar-refractivity contribution in [2.24, 2.45) is 7.05 Å². The van der Waals surface area contributed by atoms with Gasteiger partial charge in [-0.15, -0.1) is 0 Å². The third-order valence-electron chi connectivity index (χ3n) is 3.01. The second-order valence-electron chi connectivity index (χ2n) is 4.26. The van der Waals surface area contributed by atoms with Crippen LogP contribution in [-0.4, -0.2) is 9.78 Å². The van der Waals surface area contributed by atoms with Gasteiger partial charge in [0.1, 0.15) is 0 Å². The molecule has 0 atom stereocenters. The quantitative estimate of drug-likeness (QED) is 0.732. The number of aromatic nitrogens is 2. The number of aryl methyl sites for hydroxylation is 1.